The zero-order chi connectivity index (χ0) is 23.5. The van der Waals surface area contributed by atoms with Crippen LogP contribution in [0.5, 0.6) is 0 Å². The van der Waals surface area contributed by atoms with E-state index in [1.807, 2.05) is 6.92 Å². The molecule has 184 valence electrons. The molecule has 32 heavy (non-hydrogen) atoms. The zero-order valence-corrected chi connectivity index (χ0v) is 21.2. The van der Waals surface area contributed by atoms with Gasteiger partial charge < -0.3 is 9.64 Å². The first-order chi connectivity index (χ1) is 15.4. The lowest BCUT2D eigenvalue weighted by Crippen LogP contribution is -2.42. The third-order valence-corrected chi connectivity index (χ3v) is 7.56. The molecule has 0 radical (unpaired) electrons. The van der Waals surface area contributed by atoms with E-state index in [2.05, 4.69) is 43.6 Å². The van der Waals surface area contributed by atoms with Crippen LogP contribution in [0, 0.1) is 23.7 Å². The Bertz CT molecular complexity index is 615. The Morgan fingerprint density at radius 2 is 1.84 bits per heavy atom. The number of amides is 1. The molecule has 0 N–H and O–H groups in total. The Labute approximate surface area is 196 Å². The summed E-state index contributed by atoms with van der Waals surface area (Å²) < 4.78 is 18.1. The molecule has 0 aromatic heterocycles. The molecule has 0 aromatic carbocycles. The van der Waals surface area contributed by atoms with Crippen molar-refractivity contribution >= 4 is 5.91 Å². The van der Waals surface area contributed by atoms with E-state index in [4.69, 9.17) is 4.74 Å². The first-order valence-electron chi connectivity index (χ1n) is 12.9. The van der Waals surface area contributed by atoms with Crippen molar-refractivity contribution in [3.63, 3.8) is 0 Å². The average molecular weight is 451 g/mol. The number of carbonyl (C=O) groups is 1. The van der Waals surface area contributed by atoms with Crippen LogP contribution < -0.4 is 0 Å². The molecule has 2 aliphatic heterocycles. The summed E-state index contributed by atoms with van der Waals surface area (Å²) in [6.45, 7) is 16.0. The van der Waals surface area contributed by atoms with E-state index >= 15 is 0 Å². The van der Waals surface area contributed by atoms with Crippen molar-refractivity contribution in [2.24, 2.45) is 23.7 Å². The van der Waals surface area contributed by atoms with E-state index < -0.39 is 0 Å². The van der Waals surface area contributed by atoms with E-state index in [0.717, 1.165) is 77.9 Å². The highest BCUT2D eigenvalue weighted by Crippen LogP contribution is 2.34. The molecule has 0 aromatic rings. The van der Waals surface area contributed by atoms with E-state index in [1.165, 1.54) is 5.57 Å². The van der Waals surface area contributed by atoms with Gasteiger partial charge in [0.1, 0.15) is 0 Å². The third kappa shape index (κ3) is 7.98. The van der Waals surface area contributed by atoms with Gasteiger partial charge in [0.05, 0.1) is 12.2 Å². The number of ether oxygens (including phenoxy) is 1. The Balaban J connectivity index is 2.18. The molecule has 2 saturated heterocycles. The van der Waals surface area contributed by atoms with Crippen molar-refractivity contribution in [1.29, 1.82) is 0 Å². The van der Waals surface area contributed by atoms with E-state index in [9.17, 15) is 9.18 Å². The second-order valence-electron chi connectivity index (χ2n) is 10.1. The Morgan fingerprint density at radius 3 is 2.47 bits per heavy atom. The van der Waals surface area contributed by atoms with Gasteiger partial charge in [-0.05, 0) is 50.9 Å². The second kappa shape index (κ2) is 14.1. The lowest BCUT2D eigenvalue weighted by molar-refractivity contribution is -0.136. The first-order valence-corrected chi connectivity index (χ1v) is 12.9. The molecule has 4 atom stereocenters. The summed E-state index contributed by atoms with van der Waals surface area (Å²) in [5, 5.41) is 0. The highest BCUT2D eigenvalue weighted by Gasteiger charge is 2.42. The Morgan fingerprint density at radius 1 is 1.16 bits per heavy atom. The quantitative estimate of drug-likeness (QED) is 0.350. The molecule has 1 amide bonds. The van der Waals surface area contributed by atoms with Gasteiger partial charge in [-0.3, -0.25) is 9.69 Å². The largest absolute Gasteiger partial charge is 0.381 e. The molecular formula is C27H47FN2O2. The molecule has 0 bridgehead atoms. The Kier molecular flexibility index (Phi) is 12.0. The molecule has 0 saturated carbocycles. The highest BCUT2D eigenvalue weighted by atomic mass is 19.1. The lowest BCUT2D eigenvalue weighted by atomic mass is 9.87. The number of nitrogens with zero attached hydrogens (tertiary/aromatic N) is 2. The van der Waals surface area contributed by atoms with Crippen molar-refractivity contribution in [2.45, 2.75) is 79.2 Å². The maximum absolute atomic E-state index is 13.8. The van der Waals surface area contributed by atoms with Gasteiger partial charge in [0.2, 0.25) is 5.91 Å². The maximum atomic E-state index is 13.8. The number of halogens is 1. The number of rotatable bonds is 12. The van der Waals surface area contributed by atoms with Crippen LogP contribution in [-0.4, -0.2) is 61.1 Å². The minimum absolute atomic E-state index is 0.0181. The molecule has 2 heterocycles. The van der Waals surface area contributed by atoms with Gasteiger partial charge in [0.15, 0.2) is 0 Å². The first kappa shape index (κ1) is 27.0. The molecule has 4 nitrogen and oxygen atoms in total. The maximum Gasteiger partial charge on any atom is 0.227 e. The summed E-state index contributed by atoms with van der Waals surface area (Å²) in [5.41, 5.74) is 1.29. The van der Waals surface area contributed by atoms with Gasteiger partial charge in [-0.1, -0.05) is 51.8 Å². The third-order valence-electron chi connectivity index (χ3n) is 7.56. The smallest absolute Gasteiger partial charge is 0.227 e. The number of hydrogen-bond acceptors (Lipinski definition) is 3. The summed E-state index contributed by atoms with van der Waals surface area (Å²) >= 11 is 0. The van der Waals surface area contributed by atoms with Crippen molar-refractivity contribution in [3.05, 3.63) is 24.1 Å². The molecule has 5 heteroatoms. The van der Waals surface area contributed by atoms with Crippen LogP contribution in [-0.2, 0) is 9.53 Å². The summed E-state index contributed by atoms with van der Waals surface area (Å²) in [6, 6.07) is 0.519. The normalized spacial score (nSPS) is 25.4. The molecule has 2 rings (SSSR count). The van der Waals surface area contributed by atoms with Crippen LogP contribution in [0.4, 0.5) is 4.39 Å². The van der Waals surface area contributed by atoms with E-state index in [1.54, 1.807) is 6.08 Å². The second-order valence-corrected chi connectivity index (χ2v) is 10.1. The fourth-order valence-electron chi connectivity index (χ4n) is 5.04. The predicted octanol–water partition coefficient (Wildman–Crippen LogP) is 5.84. The molecule has 0 aliphatic carbocycles. The summed E-state index contributed by atoms with van der Waals surface area (Å²) in [4.78, 5) is 18.5. The summed E-state index contributed by atoms with van der Waals surface area (Å²) in [7, 11) is 0. The molecule has 3 unspecified atom stereocenters. The topological polar surface area (TPSA) is 32.8 Å². The van der Waals surface area contributed by atoms with Crippen LogP contribution in [0.15, 0.2) is 24.1 Å². The SMILES string of the molecule is CCCN(CCC(C)CC)C(=O)C1CN(C2CCOCC2)C[C@H]1/C(C)=C/CC(C)/C=C/F. The van der Waals surface area contributed by atoms with Crippen molar-refractivity contribution in [1.82, 2.24) is 9.80 Å². The highest BCUT2D eigenvalue weighted by molar-refractivity contribution is 5.80. The summed E-state index contributed by atoms with van der Waals surface area (Å²) in [6.07, 6.45) is 10.6. The monoisotopic (exact) mass is 450 g/mol. The van der Waals surface area contributed by atoms with Gasteiger partial charge in [-0.25, -0.2) is 4.39 Å². The zero-order valence-electron chi connectivity index (χ0n) is 21.2. The van der Waals surface area contributed by atoms with Gasteiger partial charge in [-0.2, -0.15) is 0 Å². The minimum atomic E-state index is 0.0181. The van der Waals surface area contributed by atoms with E-state index in [-0.39, 0.29) is 17.8 Å². The average Bonchev–Trinajstić information content (AvgIpc) is 3.26. The lowest BCUT2D eigenvalue weighted by Gasteiger charge is -2.31. The Hall–Kier alpha value is -1.20. The van der Waals surface area contributed by atoms with Crippen molar-refractivity contribution in [3.8, 4) is 0 Å². The van der Waals surface area contributed by atoms with Crippen molar-refractivity contribution < 1.29 is 13.9 Å². The van der Waals surface area contributed by atoms with Crippen LogP contribution in [0.1, 0.15) is 73.1 Å². The number of allylic oxidation sites excluding steroid dienone is 2. The predicted molar refractivity (Wildman–Crippen MR) is 131 cm³/mol. The molecule has 2 fully saturated rings. The van der Waals surface area contributed by atoms with Crippen LogP contribution in [0.25, 0.3) is 0 Å². The van der Waals surface area contributed by atoms with Gasteiger partial charge in [0.25, 0.3) is 0 Å². The van der Waals surface area contributed by atoms with Crippen LogP contribution in [0.2, 0.25) is 0 Å². The minimum Gasteiger partial charge on any atom is -0.381 e. The number of likely N-dealkylation sites (tertiary alicyclic amines) is 1. The number of carbonyl (C=O) groups excluding carboxylic acids is 1. The molecular weight excluding hydrogens is 403 g/mol. The standard InChI is InChI=1S/C27H47FN2O2/c1-6-15-29(16-11-21(3)7-2)27(31)26-20-30(24-12-17-32-18-13-24)19-25(26)23(5)9-8-22(4)10-14-28/h9-10,14,21-22,24-26H,6-8,11-13,15-20H2,1-5H3/b14-10+,23-9+/t21?,22?,25-,26?/m0/s1. The van der Waals surface area contributed by atoms with Crippen molar-refractivity contribution in [2.75, 3.05) is 39.4 Å². The van der Waals surface area contributed by atoms with E-state index in [0.29, 0.717) is 24.2 Å². The fraction of sp³-hybridized carbons (Fsp3) is 0.815. The van der Waals surface area contributed by atoms with Gasteiger partial charge in [0, 0.05) is 51.4 Å². The summed E-state index contributed by atoms with van der Waals surface area (Å²) in [5.74, 6) is 1.41. The van der Waals surface area contributed by atoms with Crippen LogP contribution >= 0.6 is 0 Å². The number of hydrogen-bond donors (Lipinski definition) is 0. The molecule has 2 aliphatic rings. The van der Waals surface area contributed by atoms with Gasteiger partial charge >= 0.3 is 0 Å². The molecule has 0 spiro atoms. The van der Waals surface area contributed by atoms with Gasteiger partial charge in [-0.15, -0.1) is 0 Å². The van der Waals surface area contributed by atoms with Crippen LogP contribution in [0.3, 0.4) is 0 Å². The fourth-order valence-corrected chi connectivity index (χ4v) is 5.04.